The van der Waals surface area contributed by atoms with E-state index in [4.69, 9.17) is 20.8 Å². The standard InChI is InChI=1S/C14H17ClN2O3S/c1-3-13-16-17-14(20-13)10(2)21(18)8-7-19-12-6-4-5-11(15)9-12/h4-6,9-10H,3,7-8H2,1-2H3. The van der Waals surface area contributed by atoms with E-state index in [-0.39, 0.29) is 5.25 Å². The summed E-state index contributed by atoms with van der Waals surface area (Å²) in [6.45, 7) is 4.08. The van der Waals surface area contributed by atoms with Crippen molar-refractivity contribution in [2.75, 3.05) is 12.4 Å². The van der Waals surface area contributed by atoms with Crippen molar-refractivity contribution in [1.29, 1.82) is 0 Å². The minimum atomic E-state index is -1.14. The van der Waals surface area contributed by atoms with Gasteiger partial charge in [-0.2, -0.15) is 0 Å². The molecule has 0 aliphatic carbocycles. The van der Waals surface area contributed by atoms with Gasteiger partial charge in [0.05, 0.1) is 12.4 Å². The quantitative estimate of drug-likeness (QED) is 0.781. The van der Waals surface area contributed by atoms with Crippen molar-refractivity contribution < 1.29 is 13.4 Å². The molecule has 1 aromatic heterocycles. The number of rotatable bonds is 7. The van der Waals surface area contributed by atoms with Gasteiger partial charge >= 0.3 is 0 Å². The first-order valence-electron chi connectivity index (χ1n) is 6.68. The van der Waals surface area contributed by atoms with E-state index in [1.807, 2.05) is 26.0 Å². The molecule has 7 heteroatoms. The van der Waals surface area contributed by atoms with E-state index in [0.717, 1.165) is 0 Å². The van der Waals surface area contributed by atoms with Crippen LogP contribution in [0.1, 0.15) is 30.9 Å². The summed E-state index contributed by atoms with van der Waals surface area (Å²) in [4.78, 5) is 0. The lowest BCUT2D eigenvalue weighted by atomic mass is 10.3. The van der Waals surface area contributed by atoms with Crippen LogP contribution >= 0.6 is 11.6 Å². The Balaban J connectivity index is 1.84. The summed E-state index contributed by atoms with van der Waals surface area (Å²) in [5.41, 5.74) is 0. The highest BCUT2D eigenvalue weighted by Crippen LogP contribution is 2.20. The van der Waals surface area contributed by atoms with Gasteiger partial charge in [0.25, 0.3) is 0 Å². The number of aryl methyl sites for hydroxylation is 1. The Bertz CT molecular complexity index is 618. The molecule has 2 rings (SSSR count). The third-order valence-corrected chi connectivity index (χ3v) is 4.67. The predicted molar refractivity (Wildman–Crippen MR) is 82.0 cm³/mol. The fourth-order valence-electron chi connectivity index (χ4n) is 1.66. The Labute approximate surface area is 131 Å². The Kier molecular flexibility index (Phi) is 5.76. The van der Waals surface area contributed by atoms with Crippen LogP contribution in [0.4, 0.5) is 0 Å². The van der Waals surface area contributed by atoms with Gasteiger partial charge in [-0.05, 0) is 25.1 Å². The molecule has 5 nitrogen and oxygen atoms in total. The molecule has 0 radical (unpaired) electrons. The lowest BCUT2D eigenvalue weighted by Gasteiger charge is -2.09. The van der Waals surface area contributed by atoms with Crippen molar-refractivity contribution in [3.8, 4) is 5.75 Å². The van der Waals surface area contributed by atoms with E-state index in [2.05, 4.69) is 10.2 Å². The molecule has 0 fully saturated rings. The molecule has 21 heavy (non-hydrogen) atoms. The second-order valence-corrected chi connectivity index (χ2v) is 6.73. The fourth-order valence-corrected chi connectivity index (χ4v) is 2.76. The first-order valence-corrected chi connectivity index (χ1v) is 8.44. The van der Waals surface area contributed by atoms with E-state index in [1.54, 1.807) is 12.1 Å². The van der Waals surface area contributed by atoms with E-state index < -0.39 is 10.8 Å². The van der Waals surface area contributed by atoms with Crippen LogP contribution in [0.15, 0.2) is 28.7 Å². The third kappa shape index (κ3) is 4.54. The zero-order valence-electron chi connectivity index (χ0n) is 11.9. The molecule has 2 aromatic rings. The molecular weight excluding hydrogens is 312 g/mol. The maximum absolute atomic E-state index is 12.2. The van der Waals surface area contributed by atoms with Gasteiger partial charge in [0, 0.05) is 22.2 Å². The second kappa shape index (κ2) is 7.56. The fraction of sp³-hybridized carbons (Fsp3) is 0.429. The summed E-state index contributed by atoms with van der Waals surface area (Å²) in [5, 5.41) is 8.10. The highest BCUT2D eigenvalue weighted by molar-refractivity contribution is 7.85. The molecule has 0 saturated heterocycles. The van der Waals surface area contributed by atoms with Gasteiger partial charge in [0.2, 0.25) is 11.8 Å². The number of nitrogens with zero attached hydrogens (tertiary/aromatic N) is 2. The average molecular weight is 329 g/mol. The molecule has 0 N–H and O–H groups in total. The van der Waals surface area contributed by atoms with Crippen LogP contribution in [-0.4, -0.2) is 26.8 Å². The molecule has 1 heterocycles. The highest BCUT2D eigenvalue weighted by Gasteiger charge is 2.19. The van der Waals surface area contributed by atoms with Crippen LogP contribution in [0.5, 0.6) is 5.75 Å². The van der Waals surface area contributed by atoms with Gasteiger partial charge in [-0.25, -0.2) is 0 Å². The third-order valence-electron chi connectivity index (χ3n) is 2.88. The number of hydrogen-bond donors (Lipinski definition) is 0. The maximum atomic E-state index is 12.2. The molecule has 0 amide bonds. The summed E-state index contributed by atoms with van der Waals surface area (Å²) >= 11 is 5.87. The van der Waals surface area contributed by atoms with Crippen LogP contribution in [0.25, 0.3) is 0 Å². The molecule has 0 bridgehead atoms. The Morgan fingerprint density at radius 2 is 2.24 bits per heavy atom. The summed E-state index contributed by atoms with van der Waals surface area (Å²) in [6, 6.07) is 7.11. The predicted octanol–water partition coefficient (Wildman–Crippen LogP) is 3.17. The summed E-state index contributed by atoms with van der Waals surface area (Å²) < 4.78 is 23.1. The SMILES string of the molecule is CCc1nnc(C(C)S(=O)CCOc2cccc(Cl)c2)o1. The summed E-state index contributed by atoms with van der Waals surface area (Å²) in [5.74, 6) is 2.02. The van der Waals surface area contributed by atoms with Gasteiger partial charge in [-0.15, -0.1) is 10.2 Å². The van der Waals surface area contributed by atoms with Crippen LogP contribution in [0, 0.1) is 0 Å². The normalized spacial score (nSPS) is 13.9. The molecule has 0 aliphatic heterocycles. The topological polar surface area (TPSA) is 65.2 Å². The minimum absolute atomic E-state index is 0.305. The Hall–Kier alpha value is -1.40. The number of benzene rings is 1. The van der Waals surface area contributed by atoms with Crippen LogP contribution < -0.4 is 4.74 Å². The Morgan fingerprint density at radius 1 is 1.43 bits per heavy atom. The molecule has 0 aliphatic rings. The smallest absolute Gasteiger partial charge is 0.231 e. The molecule has 1 aromatic carbocycles. The van der Waals surface area contributed by atoms with Crippen molar-refractivity contribution in [3.05, 3.63) is 41.1 Å². The summed E-state index contributed by atoms with van der Waals surface area (Å²) in [6.07, 6.45) is 0.671. The van der Waals surface area contributed by atoms with E-state index in [1.165, 1.54) is 0 Å². The van der Waals surface area contributed by atoms with Gasteiger partial charge in [0.15, 0.2) is 0 Å². The molecule has 2 atom stereocenters. The number of ether oxygens (including phenoxy) is 1. The Morgan fingerprint density at radius 3 is 2.90 bits per heavy atom. The number of hydrogen-bond acceptors (Lipinski definition) is 5. The van der Waals surface area contributed by atoms with Crippen LogP contribution in [0.3, 0.4) is 0 Å². The number of halogens is 1. The molecule has 0 spiro atoms. The molecule has 0 saturated carbocycles. The highest BCUT2D eigenvalue weighted by atomic mass is 35.5. The molecule has 2 unspecified atom stereocenters. The van der Waals surface area contributed by atoms with Gasteiger partial charge in [0.1, 0.15) is 11.0 Å². The average Bonchev–Trinajstić information content (AvgIpc) is 2.95. The first kappa shape index (κ1) is 16.0. The van der Waals surface area contributed by atoms with Crippen LogP contribution in [-0.2, 0) is 17.2 Å². The van der Waals surface area contributed by atoms with Crippen molar-refractivity contribution in [3.63, 3.8) is 0 Å². The summed E-state index contributed by atoms with van der Waals surface area (Å²) in [7, 11) is -1.14. The molecule has 114 valence electrons. The molecular formula is C14H17ClN2O3S. The van der Waals surface area contributed by atoms with E-state index in [0.29, 0.717) is 41.3 Å². The minimum Gasteiger partial charge on any atom is -0.493 e. The van der Waals surface area contributed by atoms with Crippen molar-refractivity contribution in [1.82, 2.24) is 10.2 Å². The second-order valence-electron chi connectivity index (χ2n) is 4.42. The van der Waals surface area contributed by atoms with Crippen molar-refractivity contribution in [2.24, 2.45) is 0 Å². The van der Waals surface area contributed by atoms with E-state index >= 15 is 0 Å². The van der Waals surface area contributed by atoms with Crippen molar-refractivity contribution in [2.45, 2.75) is 25.5 Å². The largest absolute Gasteiger partial charge is 0.493 e. The van der Waals surface area contributed by atoms with Crippen molar-refractivity contribution >= 4 is 22.4 Å². The first-order chi connectivity index (χ1) is 10.1. The van der Waals surface area contributed by atoms with Gasteiger partial charge in [-0.1, -0.05) is 24.6 Å². The monoisotopic (exact) mass is 328 g/mol. The lowest BCUT2D eigenvalue weighted by molar-refractivity contribution is 0.342. The maximum Gasteiger partial charge on any atom is 0.231 e. The van der Waals surface area contributed by atoms with Gasteiger partial charge < -0.3 is 9.15 Å². The van der Waals surface area contributed by atoms with E-state index in [9.17, 15) is 4.21 Å². The van der Waals surface area contributed by atoms with Crippen LogP contribution in [0.2, 0.25) is 5.02 Å². The number of aromatic nitrogens is 2. The zero-order valence-corrected chi connectivity index (χ0v) is 13.5. The lowest BCUT2D eigenvalue weighted by Crippen LogP contribution is -2.13. The zero-order chi connectivity index (χ0) is 15.2. The van der Waals surface area contributed by atoms with Gasteiger partial charge in [-0.3, -0.25) is 4.21 Å².